The number of nitrogens with two attached hydrogens (primary N) is 1. The lowest BCUT2D eigenvalue weighted by atomic mass is 10.1. The number of hydrogen-bond acceptors (Lipinski definition) is 3. The topological polar surface area (TPSA) is 64.3 Å². The second kappa shape index (κ2) is 5.44. The Morgan fingerprint density at radius 2 is 2.00 bits per heavy atom. The number of rotatable bonds is 3. The lowest BCUT2D eigenvalue weighted by molar-refractivity contribution is 0.102. The molecule has 0 aliphatic heterocycles. The van der Waals surface area contributed by atoms with E-state index in [0.717, 1.165) is 11.3 Å². The maximum atomic E-state index is 12.2. The average Bonchev–Trinajstić information content (AvgIpc) is 2.39. The second-order valence-corrected chi connectivity index (χ2v) is 4.28. The normalized spacial score (nSPS) is 10.0. The fraction of sp³-hybridized carbons (Fsp3) is 0.133. The molecule has 0 bridgehead atoms. The summed E-state index contributed by atoms with van der Waals surface area (Å²) >= 11 is 0. The highest BCUT2D eigenvalue weighted by Crippen LogP contribution is 2.21. The van der Waals surface area contributed by atoms with Gasteiger partial charge in [0.2, 0.25) is 0 Å². The zero-order valence-corrected chi connectivity index (χ0v) is 10.9. The van der Waals surface area contributed by atoms with Gasteiger partial charge in [-0.2, -0.15) is 0 Å². The van der Waals surface area contributed by atoms with Gasteiger partial charge in [0.25, 0.3) is 5.91 Å². The number of nitrogen functional groups attached to an aromatic ring is 1. The number of ether oxygens (including phenoxy) is 1. The molecule has 98 valence electrons. The van der Waals surface area contributed by atoms with E-state index in [1.165, 1.54) is 0 Å². The van der Waals surface area contributed by atoms with Gasteiger partial charge >= 0.3 is 0 Å². The number of aryl methyl sites for hydroxylation is 1. The van der Waals surface area contributed by atoms with Crippen LogP contribution in [0.4, 0.5) is 11.4 Å². The van der Waals surface area contributed by atoms with Crippen LogP contribution in [0.1, 0.15) is 15.9 Å². The van der Waals surface area contributed by atoms with Crippen LogP contribution in [0, 0.1) is 6.92 Å². The highest BCUT2D eigenvalue weighted by molar-refractivity contribution is 6.08. The van der Waals surface area contributed by atoms with Crippen LogP contribution in [-0.2, 0) is 0 Å². The largest absolute Gasteiger partial charge is 0.497 e. The summed E-state index contributed by atoms with van der Waals surface area (Å²) in [6.07, 6.45) is 0. The molecule has 2 rings (SSSR count). The summed E-state index contributed by atoms with van der Waals surface area (Å²) in [5.74, 6) is 0.352. The van der Waals surface area contributed by atoms with Gasteiger partial charge in [-0.15, -0.1) is 0 Å². The number of anilines is 2. The van der Waals surface area contributed by atoms with Crippen molar-refractivity contribution in [2.24, 2.45) is 0 Å². The van der Waals surface area contributed by atoms with E-state index in [-0.39, 0.29) is 5.91 Å². The standard InChI is InChI=1S/C15H16N2O2/c1-10-4-3-5-11(8-10)17-15(18)13-9-12(19-2)6-7-14(13)16/h3-9H,16H2,1-2H3,(H,17,18). The molecule has 0 aliphatic carbocycles. The van der Waals surface area contributed by atoms with Crippen LogP contribution in [0.3, 0.4) is 0 Å². The molecular formula is C15H16N2O2. The number of amides is 1. The molecule has 2 aromatic carbocycles. The molecule has 4 heteroatoms. The third kappa shape index (κ3) is 3.04. The monoisotopic (exact) mass is 256 g/mol. The SMILES string of the molecule is COc1ccc(N)c(C(=O)Nc2cccc(C)c2)c1. The summed E-state index contributed by atoms with van der Waals surface area (Å²) in [5.41, 5.74) is 8.46. The van der Waals surface area contributed by atoms with Gasteiger partial charge in [-0.1, -0.05) is 12.1 Å². The summed E-state index contributed by atoms with van der Waals surface area (Å²) < 4.78 is 5.09. The summed E-state index contributed by atoms with van der Waals surface area (Å²) in [5, 5.41) is 2.82. The van der Waals surface area contributed by atoms with Crippen LogP contribution in [0.15, 0.2) is 42.5 Å². The first-order chi connectivity index (χ1) is 9.10. The molecular weight excluding hydrogens is 240 g/mol. The lowest BCUT2D eigenvalue weighted by Gasteiger charge is -2.09. The Bertz CT molecular complexity index is 609. The summed E-state index contributed by atoms with van der Waals surface area (Å²) in [7, 11) is 1.55. The summed E-state index contributed by atoms with van der Waals surface area (Å²) in [4.78, 5) is 12.2. The average molecular weight is 256 g/mol. The zero-order chi connectivity index (χ0) is 13.8. The molecule has 0 radical (unpaired) electrons. The van der Waals surface area contributed by atoms with Crippen molar-refractivity contribution in [3.8, 4) is 5.75 Å². The summed E-state index contributed by atoms with van der Waals surface area (Å²) in [6.45, 7) is 1.97. The van der Waals surface area contributed by atoms with E-state index in [1.807, 2.05) is 31.2 Å². The molecule has 0 atom stereocenters. The van der Waals surface area contributed by atoms with Gasteiger partial charge in [-0.25, -0.2) is 0 Å². The smallest absolute Gasteiger partial charge is 0.257 e. The Balaban J connectivity index is 2.25. The number of carbonyl (C=O) groups is 1. The van der Waals surface area contributed by atoms with Crippen molar-refractivity contribution in [2.75, 3.05) is 18.2 Å². The molecule has 0 saturated carbocycles. The molecule has 2 aromatic rings. The van der Waals surface area contributed by atoms with E-state index in [0.29, 0.717) is 17.0 Å². The minimum absolute atomic E-state index is 0.248. The number of carbonyl (C=O) groups excluding carboxylic acids is 1. The Hall–Kier alpha value is -2.49. The third-order valence-corrected chi connectivity index (χ3v) is 2.78. The molecule has 19 heavy (non-hydrogen) atoms. The van der Waals surface area contributed by atoms with Crippen molar-refractivity contribution in [1.29, 1.82) is 0 Å². The highest BCUT2D eigenvalue weighted by atomic mass is 16.5. The lowest BCUT2D eigenvalue weighted by Crippen LogP contribution is -2.14. The van der Waals surface area contributed by atoms with E-state index in [4.69, 9.17) is 10.5 Å². The van der Waals surface area contributed by atoms with Crippen molar-refractivity contribution in [3.05, 3.63) is 53.6 Å². The van der Waals surface area contributed by atoms with Crippen LogP contribution in [0.25, 0.3) is 0 Å². The Kier molecular flexibility index (Phi) is 3.71. The molecule has 0 aromatic heterocycles. The van der Waals surface area contributed by atoms with E-state index in [9.17, 15) is 4.79 Å². The molecule has 0 saturated heterocycles. The zero-order valence-electron chi connectivity index (χ0n) is 10.9. The van der Waals surface area contributed by atoms with Crippen LogP contribution >= 0.6 is 0 Å². The number of benzene rings is 2. The van der Waals surface area contributed by atoms with E-state index >= 15 is 0 Å². The molecule has 0 aliphatic rings. The predicted molar refractivity (Wildman–Crippen MR) is 76.5 cm³/mol. The Labute approximate surface area is 112 Å². The van der Waals surface area contributed by atoms with E-state index in [1.54, 1.807) is 25.3 Å². The highest BCUT2D eigenvalue weighted by Gasteiger charge is 2.11. The first-order valence-electron chi connectivity index (χ1n) is 5.91. The van der Waals surface area contributed by atoms with E-state index in [2.05, 4.69) is 5.32 Å². The molecule has 0 heterocycles. The van der Waals surface area contributed by atoms with Gasteiger partial charge in [0.15, 0.2) is 0 Å². The molecule has 4 nitrogen and oxygen atoms in total. The van der Waals surface area contributed by atoms with Gasteiger partial charge < -0.3 is 15.8 Å². The predicted octanol–water partition coefficient (Wildman–Crippen LogP) is 2.84. The van der Waals surface area contributed by atoms with Crippen molar-refractivity contribution in [2.45, 2.75) is 6.92 Å². The molecule has 3 N–H and O–H groups in total. The van der Waals surface area contributed by atoms with Gasteiger partial charge in [0.1, 0.15) is 5.75 Å². The number of methoxy groups -OCH3 is 1. The van der Waals surface area contributed by atoms with Crippen LogP contribution in [0.2, 0.25) is 0 Å². The quantitative estimate of drug-likeness (QED) is 0.830. The number of hydrogen-bond donors (Lipinski definition) is 2. The van der Waals surface area contributed by atoms with Crippen molar-refractivity contribution >= 4 is 17.3 Å². The van der Waals surface area contributed by atoms with Gasteiger partial charge in [-0.05, 0) is 42.8 Å². The van der Waals surface area contributed by atoms with Crippen molar-refractivity contribution in [1.82, 2.24) is 0 Å². The molecule has 0 fully saturated rings. The van der Waals surface area contributed by atoms with Crippen LogP contribution < -0.4 is 15.8 Å². The first-order valence-corrected chi connectivity index (χ1v) is 5.91. The minimum atomic E-state index is -0.248. The summed E-state index contributed by atoms with van der Waals surface area (Å²) in [6, 6.07) is 12.6. The first kappa shape index (κ1) is 13.0. The fourth-order valence-corrected chi connectivity index (χ4v) is 1.78. The van der Waals surface area contributed by atoms with Crippen LogP contribution in [0.5, 0.6) is 5.75 Å². The molecule has 0 spiro atoms. The Morgan fingerprint density at radius 1 is 1.21 bits per heavy atom. The van der Waals surface area contributed by atoms with E-state index < -0.39 is 0 Å². The van der Waals surface area contributed by atoms with Crippen molar-refractivity contribution < 1.29 is 9.53 Å². The third-order valence-electron chi connectivity index (χ3n) is 2.78. The molecule has 1 amide bonds. The van der Waals surface area contributed by atoms with Crippen LogP contribution in [-0.4, -0.2) is 13.0 Å². The minimum Gasteiger partial charge on any atom is -0.497 e. The number of nitrogens with one attached hydrogen (secondary N) is 1. The fourth-order valence-electron chi connectivity index (χ4n) is 1.78. The maximum Gasteiger partial charge on any atom is 0.257 e. The van der Waals surface area contributed by atoms with Crippen molar-refractivity contribution in [3.63, 3.8) is 0 Å². The van der Waals surface area contributed by atoms with Gasteiger partial charge in [-0.3, -0.25) is 4.79 Å². The second-order valence-electron chi connectivity index (χ2n) is 4.28. The Morgan fingerprint density at radius 3 is 2.68 bits per heavy atom. The van der Waals surface area contributed by atoms with Gasteiger partial charge in [0, 0.05) is 11.4 Å². The van der Waals surface area contributed by atoms with Gasteiger partial charge in [0.05, 0.1) is 12.7 Å². The molecule has 0 unspecified atom stereocenters. The maximum absolute atomic E-state index is 12.2.